The molecular weight excluding hydrogens is 528 g/mol. The number of carbonyl (C=O) groups excluding carboxylic acids is 1. The topological polar surface area (TPSA) is 196 Å². The average molecular weight is 581 g/mol. The molecule has 2 rings (SSSR count). The quantitative estimate of drug-likeness (QED) is 0.0833. The monoisotopic (exact) mass is 580 g/mol. The summed E-state index contributed by atoms with van der Waals surface area (Å²) in [6.07, 6.45) is -0.249. The van der Waals surface area contributed by atoms with E-state index < -0.39 is 80.6 Å². The molecule has 0 radical (unpaired) electrons. The van der Waals surface area contributed by atoms with Crippen LogP contribution < -0.4 is 0 Å². The van der Waals surface area contributed by atoms with Gasteiger partial charge < -0.3 is 54.7 Å². The number of unbranched alkanes of at least 4 members (excludes halogenated alkanes) is 12. The van der Waals surface area contributed by atoms with Crippen LogP contribution >= 0.6 is 0 Å². The lowest BCUT2D eigenvalue weighted by Gasteiger charge is -2.44. The second-order valence-electron chi connectivity index (χ2n) is 11.0. The van der Waals surface area contributed by atoms with Crippen molar-refractivity contribution in [1.29, 1.82) is 0 Å². The molecule has 40 heavy (non-hydrogen) atoms. The van der Waals surface area contributed by atoms with Crippen molar-refractivity contribution in [3.05, 3.63) is 0 Å². The lowest BCUT2D eigenvalue weighted by molar-refractivity contribution is -0.376. The number of ether oxygens (including phenoxy) is 4. The van der Waals surface area contributed by atoms with E-state index in [4.69, 9.17) is 18.9 Å². The Kier molecular flexibility index (Phi) is 17.0. The first-order chi connectivity index (χ1) is 19.2. The third-order valence-corrected chi connectivity index (χ3v) is 7.68. The predicted octanol–water partition coefficient (Wildman–Crippen LogP) is 0.635. The van der Waals surface area contributed by atoms with Crippen molar-refractivity contribution in [1.82, 2.24) is 0 Å². The average Bonchev–Trinajstić information content (AvgIpc) is 2.95. The first-order valence-electron chi connectivity index (χ1n) is 15.0. The minimum Gasteiger partial charge on any atom is -0.463 e. The maximum absolute atomic E-state index is 12.2. The van der Waals surface area contributed by atoms with Crippen LogP contribution in [0.3, 0.4) is 0 Å². The van der Waals surface area contributed by atoms with Gasteiger partial charge in [-0.1, -0.05) is 84.0 Å². The molecule has 12 nitrogen and oxygen atoms in total. The molecule has 0 aromatic rings. The molecule has 2 heterocycles. The number of rotatable bonds is 19. The van der Waals surface area contributed by atoms with E-state index in [2.05, 4.69) is 6.92 Å². The van der Waals surface area contributed by atoms with Crippen LogP contribution in [0.25, 0.3) is 0 Å². The first-order valence-corrected chi connectivity index (χ1v) is 15.0. The number of aliphatic hydroxyl groups is 7. The van der Waals surface area contributed by atoms with E-state index in [1.165, 1.54) is 57.8 Å². The van der Waals surface area contributed by atoms with E-state index >= 15 is 0 Å². The van der Waals surface area contributed by atoms with Crippen LogP contribution in [0, 0.1) is 0 Å². The molecule has 7 N–H and O–H groups in total. The van der Waals surface area contributed by atoms with Crippen LogP contribution in [0.15, 0.2) is 0 Å². The van der Waals surface area contributed by atoms with E-state index in [1.54, 1.807) is 0 Å². The maximum atomic E-state index is 12.2. The van der Waals surface area contributed by atoms with Gasteiger partial charge in [0.2, 0.25) is 0 Å². The van der Waals surface area contributed by atoms with Crippen LogP contribution in [0.2, 0.25) is 0 Å². The van der Waals surface area contributed by atoms with Crippen LogP contribution in [0.1, 0.15) is 96.8 Å². The molecule has 2 aliphatic rings. The van der Waals surface area contributed by atoms with Crippen molar-refractivity contribution in [3.63, 3.8) is 0 Å². The lowest BCUT2D eigenvalue weighted by atomic mass is 9.98. The number of hydrogen-bond acceptors (Lipinski definition) is 12. The Hall–Kier alpha value is -0.930. The second-order valence-corrected chi connectivity index (χ2v) is 11.0. The lowest BCUT2D eigenvalue weighted by Crippen LogP contribution is -2.63. The van der Waals surface area contributed by atoms with E-state index in [0.717, 1.165) is 19.3 Å². The summed E-state index contributed by atoms with van der Waals surface area (Å²) in [5.74, 6) is -0.481. The summed E-state index contributed by atoms with van der Waals surface area (Å²) < 4.78 is 21.3. The zero-order valence-electron chi connectivity index (χ0n) is 23.8. The van der Waals surface area contributed by atoms with Gasteiger partial charge in [-0.25, -0.2) is 0 Å². The van der Waals surface area contributed by atoms with Gasteiger partial charge in [0.1, 0.15) is 55.4 Å². The Morgan fingerprint density at radius 1 is 0.600 bits per heavy atom. The molecular formula is C28H52O12. The molecule has 2 aliphatic heterocycles. The van der Waals surface area contributed by atoms with E-state index in [0.29, 0.717) is 6.42 Å². The highest BCUT2D eigenvalue weighted by atomic mass is 16.8. The number of carbonyl (C=O) groups is 1. The Bertz CT molecular complexity index is 680. The van der Waals surface area contributed by atoms with Gasteiger partial charge in [-0.05, 0) is 6.42 Å². The molecule has 0 aliphatic carbocycles. The van der Waals surface area contributed by atoms with Crippen LogP contribution in [-0.2, 0) is 23.7 Å². The molecule has 2 fully saturated rings. The SMILES string of the molecule is CCCCCCCCCCCCCCCC(=O)OC[C@@H]1O[C@H](O[C@H]2O[C@H](CO)[C@@H](O)[C@@H](O)[C@@H]2O)[C@@H](O)[C@@H](O)[C@@H]1O. The zero-order chi connectivity index (χ0) is 29.5. The van der Waals surface area contributed by atoms with Crippen molar-refractivity contribution >= 4 is 5.97 Å². The fourth-order valence-corrected chi connectivity index (χ4v) is 5.01. The molecule has 0 aromatic heterocycles. The molecule has 0 amide bonds. The van der Waals surface area contributed by atoms with Crippen LogP contribution in [-0.4, -0.2) is 116 Å². The van der Waals surface area contributed by atoms with Gasteiger partial charge in [0.05, 0.1) is 6.61 Å². The second kappa shape index (κ2) is 19.3. The molecule has 0 aromatic carbocycles. The highest BCUT2D eigenvalue weighted by Gasteiger charge is 2.49. The Morgan fingerprint density at radius 2 is 1.02 bits per heavy atom. The standard InChI is InChI=1S/C28H52O12/c1-2-3-4-5-6-7-8-9-10-11-12-13-14-15-20(30)37-17-19-22(32)24(34)26(36)28(39-19)40-27-25(35)23(33)21(31)18(16-29)38-27/h18-19,21-29,31-36H,2-17H2,1H3/t18-,19+,21-,22-,23-,24+,25+,26+,27-,28-/m1/s1. The minimum atomic E-state index is -1.76. The van der Waals surface area contributed by atoms with Crippen LogP contribution in [0.5, 0.6) is 0 Å². The Labute approximate surface area is 237 Å². The summed E-state index contributed by atoms with van der Waals surface area (Å²) in [4.78, 5) is 12.2. The highest BCUT2D eigenvalue weighted by Crippen LogP contribution is 2.28. The molecule has 0 unspecified atom stereocenters. The summed E-state index contributed by atoms with van der Waals surface area (Å²) in [6.45, 7) is 1.14. The molecule has 0 bridgehead atoms. The smallest absolute Gasteiger partial charge is 0.305 e. The Morgan fingerprint density at radius 3 is 1.50 bits per heavy atom. The van der Waals surface area contributed by atoms with E-state index in [1.807, 2.05) is 0 Å². The fraction of sp³-hybridized carbons (Fsp3) is 0.964. The number of esters is 1. The van der Waals surface area contributed by atoms with Crippen molar-refractivity contribution in [2.45, 2.75) is 158 Å². The number of hydrogen-bond donors (Lipinski definition) is 7. The maximum Gasteiger partial charge on any atom is 0.305 e. The van der Waals surface area contributed by atoms with Gasteiger partial charge in [-0.2, -0.15) is 0 Å². The van der Waals surface area contributed by atoms with Gasteiger partial charge in [0.15, 0.2) is 12.6 Å². The molecule has 2 saturated heterocycles. The van der Waals surface area contributed by atoms with Gasteiger partial charge >= 0.3 is 5.97 Å². The van der Waals surface area contributed by atoms with Crippen LogP contribution in [0.4, 0.5) is 0 Å². The third-order valence-electron chi connectivity index (χ3n) is 7.68. The summed E-state index contributed by atoms with van der Waals surface area (Å²) in [6, 6.07) is 0. The van der Waals surface area contributed by atoms with Gasteiger partial charge in [-0.3, -0.25) is 4.79 Å². The number of aliphatic hydroxyl groups excluding tert-OH is 7. The van der Waals surface area contributed by atoms with Gasteiger partial charge in [-0.15, -0.1) is 0 Å². The Balaban J connectivity index is 1.64. The summed E-state index contributed by atoms with van der Waals surface area (Å²) >= 11 is 0. The summed E-state index contributed by atoms with van der Waals surface area (Å²) in [7, 11) is 0. The summed E-state index contributed by atoms with van der Waals surface area (Å²) in [5, 5.41) is 70.1. The first kappa shape index (κ1) is 35.3. The minimum absolute atomic E-state index is 0.205. The predicted molar refractivity (Wildman–Crippen MR) is 143 cm³/mol. The third kappa shape index (κ3) is 11.4. The molecule has 0 saturated carbocycles. The van der Waals surface area contributed by atoms with Crippen molar-refractivity contribution < 1.29 is 59.5 Å². The van der Waals surface area contributed by atoms with E-state index in [-0.39, 0.29) is 6.42 Å². The van der Waals surface area contributed by atoms with Gasteiger partial charge in [0, 0.05) is 6.42 Å². The fourth-order valence-electron chi connectivity index (χ4n) is 5.01. The zero-order valence-corrected chi connectivity index (χ0v) is 23.8. The largest absolute Gasteiger partial charge is 0.463 e. The molecule has 10 atom stereocenters. The molecule has 0 spiro atoms. The summed E-state index contributed by atoms with van der Waals surface area (Å²) in [5.41, 5.74) is 0. The normalized spacial score (nSPS) is 34.6. The van der Waals surface area contributed by atoms with E-state index in [9.17, 15) is 40.5 Å². The highest BCUT2D eigenvalue weighted by molar-refractivity contribution is 5.69. The van der Waals surface area contributed by atoms with Crippen molar-refractivity contribution in [3.8, 4) is 0 Å². The molecule has 12 heteroatoms. The van der Waals surface area contributed by atoms with Crippen molar-refractivity contribution in [2.24, 2.45) is 0 Å². The van der Waals surface area contributed by atoms with Crippen molar-refractivity contribution in [2.75, 3.05) is 13.2 Å². The molecule has 236 valence electrons. The van der Waals surface area contributed by atoms with Gasteiger partial charge in [0.25, 0.3) is 0 Å².